The summed E-state index contributed by atoms with van der Waals surface area (Å²) in [5.41, 5.74) is 8.03. The predicted molar refractivity (Wildman–Crippen MR) is 89.7 cm³/mol. The van der Waals surface area contributed by atoms with Gasteiger partial charge < -0.3 is 4.74 Å². The van der Waals surface area contributed by atoms with Crippen molar-refractivity contribution < 1.29 is 4.74 Å². The van der Waals surface area contributed by atoms with Crippen LogP contribution in [0.5, 0.6) is 5.75 Å². The minimum atomic E-state index is 0.152. The third kappa shape index (κ3) is 2.49. The molecule has 1 aliphatic rings. The monoisotopic (exact) mass is 278 g/mol. The van der Waals surface area contributed by atoms with E-state index in [0.717, 1.165) is 5.75 Å². The van der Waals surface area contributed by atoms with Gasteiger partial charge >= 0.3 is 0 Å². The van der Waals surface area contributed by atoms with Crippen LogP contribution < -0.4 is 4.74 Å². The highest BCUT2D eigenvalue weighted by molar-refractivity contribution is 6.01. The van der Waals surface area contributed by atoms with Gasteiger partial charge in [0.1, 0.15) is 5.75 Å². The van der Waals surface area contributed by atoms with Crippen molar-refractivity contribution in [2.24, 2.45) is 5.41 Å². The molecule has 2 aromatic rings. The lowest BCUT2D eigenvalue weighted by atomic mass is 9.90. The Morgan fingerprint density at radius 1 is 0.857 bits per heavy atom. The molecule has 0 radical (unpaired) electrons. The van der Waals surface area contributed by atoms with Gasteiger partial charge in [0.15, 0.2) is 0 Å². The van der Waals surface area contributed by atoms with Gasteiger partial charge in [0, 0.05) is 0 Å². The number of aryl methyl sites for hydroxylation is 1. The number of ether oxygens (including phenoxy) is 1. The maximum Gasteiger partial charge on any atom is 0.119 e. The van der Waals surface area contributed by atoms with E-state index in [1.54, 1.807) is 7.11 Å². The van der Waals surface area contributed by atoms with E-state index in [9.17, 15) is 0 Å². The minimum absolute atomic E-state index is 0.152. The SMILES string of the molecule is COc1ccc2c(c1)-c1cc(C)ccc1/C2=C/C(C)(C)C. The van der Waals surface area contributed by atoms with E-state index in [2.05, 4.69) is 64.1 Å². The van der Waals surface area contributed by atoms with Crippen molar-refractivity contribution in [1.29, 1.82) is 0 Å². The highest BCUT2D eigenvalue weighted by Crippen LogP contribution is 2.47. The number of hydrogen-bond donors (Lipinski definition) is 0. The van der Waals surface area contributed by atoms with Crippen molar-refractivity contribution in [3.63, 3.8) is 0 Å². The van der Waals surface area contributed by atoms with Gasteiger partial charge in [-0.25, -0.2) is 0 Å². The first-order valence-electron chi connectivity index (χ1n) is 7.42. The Morgan fingerprint density at radius 2 is 1.48 bits per heavy atom. The Bertz CT molecular complexity index is 730. The summed E-state index contributed by atoms with van der Waals surface area (Å²) in [5.74, 6) is 0.915. The number of fused-ring (bicyclic) bond motifs is 3. The Morgan fingerprint density at radius 3 is 2.10 bits per heavy atom. The van der Waals surface area contributed by atoms with Crippen molar-refractivity contribution in [3.05, 3.63) is 59.2 Å². The van der Waals surface area contributed by atoms with Gasteiger partial charge in [-0.3, -0.25) is 0 Å². The molecule has 0 aliphatic heterocycles. The van der Waals surface area contributed by atoms with E-state index < -0.39 is 0 Å². The highest BCUT2D eigenvalue weighted by atomic mass is 16.5. The Labute approximate surface area is 127 Å². The van der Waals surface area contributed by atoms with Gasteiger partial charge in [-0.2, -0.15) is 0 Å². The minimum Gasteiger partial charge on any atom is -0.497 e. The van der Waals surface area contributed by atoms with Crippen molar-refractivity contribution in [2.45, 2.75) is 27.7 Å². The van der Waals surface area contributed by atoms with E-state index in [1.807, 2.05) is 6.07 Å². The van der Waals surface area contributed by atoms with E-state index in [1.165, 1.54) is 33.4 Å². The van der Waals surface area contributed by atoms with Crippen molar-refractivity contribution >= 4 is 5.57 Å². The molecule has 0 spiro atoms. The average molecular weight is 278 g/mol. The number of hydrogen-bond acceptors (Lipinski definition) is 1. The molecule has 0 saturated carbocycles. The average Bonchev–Trinajstić information content (AvgIpc) is 2.70. The smallest absolute Gasteiger partial charge is 0.119 e. The van der Waals surface area contributed by atoms with Crippen LogP contribution in [0.4, 0.5) is 0 Å². The number of methoxy groups -OCH3 is 1. The molecule has 21 heavy (non-hydrogen) atoms. The van der Waals surface area contributed by atoms with Crippen molar-refractivity contribution in [3.8, 4) is 16.9 Å². The molecule has 2 aromatic carbocycles. The molecule has 0 fully saturated rings. The van der Waals surface area contributed by atoms with Crippen LogP contribution in [0.2, 0.25) is 0 Å². The van der Waals surface area contributed by atoms with Crippen LogP contribution in [0.3, 0.4) is 0 Å². The molecule has 0 aromatic heterocycles. The first-order chi connectivity index (χ1) is 9.89. The van der Waals surface area contributed by atoms with Gasteiger partial charge in [-0.1, -0.05) is 56.7 Å². The van der Waals surface area contributed by atoms with Crippen LogP contribution >= 0.6 is 0 Å². The summed E-state index contributed by atoms with van der Waals surface area (Å²) < 4.78 is 5.40. The molecule has 0 N–H and O–H groups in total. The Kier molecular flexibility index (Phi) is 3.16. The lowest BCUT2D eigenvalue weighted by molar-refractivity contribution is 0.415. The lowest BCUT2D eigenvalue weighted by Crippen LogP contribution is -2.01. The number of benzene rings is 2. The summed E-state index contributed by atoms with van der Waals surface area (Å²) >= 11 is 0. The lowest BCUT2D eigenvalue weighted by Gasteiger charge is -2.15. The van der Waals surface area contributed by atoms with Crippen molar-refractivity contribution in [2.75, 3.05) is 7.11 Å². The second-order valence-corrected chi connectivity index (χ2v) is 6.88. The van der Waals surface area contributed by atoms with Crippen LogP contribution in [-0.4, -0.2) is 7.11 Å². The van der Waals surface area contributed by atoms with Crippen LogP contribution in [0.15, 0.2) is 42.5 Å². The summed E-state index contributed by atoms with van der Waals surface area (Å²) in [5, 5.41) is 0. The van der Waals surface area contributed by atoms with E-state index in [4.69, 9.17) is 4.74 Å². The number of allylic oxidation sites excluding steroid dienone is 1. The van der Waals surface area contributed by atoms with Crippen LogP contribution in [-0.2, 0) is 0 Å². The molecule has 3 rings (SSSR count). The maximum absolute atomic E-state index is 5.40. The zero-order valence-electron chi connectivity index (χ0n) is 13.4. The summed E-state index contributed by atoms with van der Waals surface area (Å²) in [4.78, 5) is 0. The van der Waals surface area contributed by atoms with Gasteiger partial charge in [0.2, 0.25) is 0 Å². The maximum atomic E-state index is 5.40. The molecular formula is C20H22O. The molecule has 0 heterocycles. The van der Waals surface area contributed by atoms with E-state index in [0.29, 0.717) is 0 Å². The molecular weight excluding hydrogens is 256 g/mol. The summed E-state index contributed by atoms with van der Waals surface area (Å²) in [6.07, 6.45) is 2.37. The molecule has 0 amide bonds. The number of rotatable bonds is 1. The topological polar surface area (TPSA) is 9.23 Å². The second-order valence-electron chi connectivity index (χ2n) is 6.88. The van der Waals surface area contributed by atoms with Gasteiger partial charge in [-0.15, -0.1) is 0 Å². The molecule has 1 aliphatic carbocycles. The zero-order chi connectivity index (χ0) is 15.2. The molecule has 1 heteroatoms. The summed E-state index contributed by atoms with van der Waals surface area (Å²) in [7, 11) is 1.72. The molecule has 0 unspecified atom stereocenters. The fourth-order valence-corrected chi connectivity index (χ4v) is 2.96. The van der Waals surface area contributed by atoms with Gasteiger partial charge in [0.25, 0.3) is 0 Å². The zero-order valence-corrected chi connectivity index (χ0v) is 13.4. The predicted octanol–water partition coefficient (Wildman–Crippen LogP) is 5.46. The first-order valence-corrected chi connectivity index (χ1v) is 7.42. The third-order valence-corrected chi connectivity index (χ3v) is 3.85. The van der Waals surface area contributed by atoms with Crippen LogP contribution in [0.25, 0.3) is 16.7 Å². The molecule has 108 valence electrons. The summed E-state index contributed by atoms with van der Waals surface area (Å²) in [6, 6.07) is 13.1. The largest absolute Gasteiger partial charge is 0.497 e. The molecule has 0 saturated heterocycles. The van der Waals surface area contributed by atoms with E-state index >= 15 is 0 Å². The molecule has 0 atom stereocenters. The van der Waals surface area contributed by atoms with Crippen LogP contribution in [0.1, 0.15) is 37.5 Å². The second kappa shape index (κ2) is 4.77. The fourth-order valence-electron chi connectivity index (χ4n) is 2.96. The fraction of sp³-hybridized carbons (Fsp3) is 0.300. The third-order valence-electron chi connectivity index (χ3n) is 3.85. The first kappa shape index (κ1) is 13.9. The van der Waals surface area contributed by atoms with Gasteiger partial charge in [-0.05, 0) is 52.3 Å². The summed E-state index contributed by atoms with van der Waals surface area (Å²) in [6.45, 7) is 8.88. The quantitative estimate of drug-likeness (QED) is 0.574. The molecule has 0 bridgehead atoms. The standard InChI is InChI=1S/C20H22O/c1-13-6-8-15-17(10-13)18-11-14(21-5)7-9-16(18)19(15)12-20(2,3)4/h6-12H,1-5H3/b19-12-. The highest BCUT2D eigenvalue weighted by Gasteiger charge is 2.25. The van der Waals surface area contributed by atoms with Gasteiger partial charge in [0.05, 0.1) is 7.11 Å². The van der Waals surface area contributed by atoms with Crippen LogP contribution in [0, 0.1) is 12.3 Å². The molecule has 1 nitrogen and oxygen atoms in total. The Balaban J connectivity index is 2.30. The van der Waals surface area contributed by atoms with E-state index in [-0.39, 0.29) is 5.41 Å². The Hall–Kier alpha value is -2.02. The normalized spacial score (nSPS) is 15.0. The van der Waals surface area contributed by atoms with Crippen molar-refractivity contribution in [1.82, 2.24) is 0 Å².